The van der Waals surface area contributed by atoms with Gasteiger partial charge in [0.25, 0.3) is 0 Å². The summed E-state index contributed by atoms with van der Waals surface area (Å²) < 4.78 is 4.76. The minimum absolute atomic E-state index is 0.588. The molecule has 10 heavy (non-hydrogen) atoms. The molecule has 1 unspecified atom stereocenters. The topological polar surface area (TPSA) is 46.5 Å². The second-order valence-electron chi connectivity index (χ2n) is 1.66. The third-order valence-electron chi connectivity index (χ3n) is 0.934. The highest BCUT2D eigenvalue weighted by Gasteiger charge is 2.15. The van der Waals surface area contributed by atoms with Crippen molar-refractivity contribution in [3.05, 3.63) is 24.5 Å². The van der Waals surface area contributed by atoms with Crippen LogP contribution in [-0.2, 0) is 8.98 Å². The number of hydrogen-bond donors (Lipinski definition) is 1. The molecule has 0 amide bonds. The second-order valence-corrected chi connectivity index (χ2v) is 2.56. The molecule has 1 aliphatic heterocycles. The van der Waals surface area contributed by atoms with Crippen molar-refractivity contribution in [3.63, 3.8) is 0 Å². The standard InChI is InChI=1S/C6H6O3S/c7-6(8)5-3-1-2-4-9-10-5/h1-5H,(H,7,8). The maximum atomic E-state index is 10.3. The van der Waals surface area contributed by atoms with Crippen LogP contribution < -0.4 is 0 Å². The van der Waals surface area contributed by atoms with Crippen LogP contribution in [0.5, 0.6) is 0 Å². The molecule has 0 saturated carbocycles. The average Bonchev–Trinajstić information content (AvgIpc) is 2.12. The van der Waals surface area contributed by atoms with Crippen LogP contribution in [0.2, 0.25) is 0 Å². The summed E-state index contributed by atoms with van der Waals surface area (Å²) in [5.41, 5.74) is 0. The third kappa shape index (κ3) is 1.80. The first kappa shape index (κ1) is 7.21. The van der Waals surface area contributed by atoms with Crippen molar-refractivity contribution in [2.24, 2.45) is 0 Å². The first-order valence-electron chi connectivity index (χ1n) is 2.69. The number of rotatable bonds is 1. The van der Waals surface area contributed by atoms with Gasteiger partial charge in [0.1, 0.15) is 6.26 Å². The number of hydrogen-bond acceptors (Lipinski definition) is 3. The van der Waals surface area contributed by atoms with Gasteiger partial charge in [-0.05, 0) is 6.08 Å². The van der Waals surface area contributed by atoms with Crippen molar-refractivity contribution in [1.82, 2.24) is 0 Å². The van der Waals surface area contributed by atoms with Gasteiger partial charge >= 0.3 is 5.97 Å². The number of carboxylic acids is 1. The summed E-state index contributed by atoms with van der Waals surface area (Å²) in [5, 5.41) is 7.90. The summed E-state index contributed by atoms with van der Waals surface area (Å²) in [7, 11) is 0. The van der Waals surface area contributed by atoms with E-state index >= 15 is 0 Å². The fourth-order valence-corrected chi connectivity index (χ4v) is 0.975. The molecular formula is C6H6O3S. The number of carboxylic acid groups (broad SMARTS) is 1. The first-order chi connectivity index (χ1) is 4.80. The number of allylic oxidation sites excluding steroid dienone is 2. The zero-order chi connectivity index (χ0) is 7.40. The van der Waals surface area contributed by atoms with E-state index in [1.807, 2.05) is 0 Å². The molecule has 1 aliphatic rings. The van der Waals surface area contributed by atoms with E-state index in [0.717, 1.165) is 12.0 Å². The number of aliphatic carboxylic acids is 1. The Hall–Kier alpha value is -0.900. The van der Waals surface area contributed by atoms with Crippen molar-refractivity contribution in [1.29, 1.82) is 0 Å². The van der Waals surface area contributed by atoms with Crippen molar-refractivity contribution in [3.8, 4) is 0 Å². The lowest BCUT2D eigenvalue weighted by atomic mass is 10.4. The Balaban J connectivity index is 2.56. The fourth-order valence-electron chi connectivity index (χ4n) is 0.490. The van der Waals surface area contributed by atoms with E-state index in [-0.39, 0.29) is 0 Å². The monoisotopic (exact) mass is 158 g/mol. The lowest BCUT2D eigenvalue weighted by Crippen LogP contribution is -2.12. The van der Waals surface area contributed by atoms with Crippen LogP contribution >= 0.6 is 12.0 Å². The first-order valence-corrected chi connectivity index (χ1v) is 3.49. The summed E-state index contributed by atoms with van der Waals surface area (Å²) in [6, 6.07) is 0. The van der Waals surface area contributed by atoms with Gasteiger partial charge in [-0.25, -0.2) is 0 Å². The molecule has 4 heteroatoms. The molecule has 3 nitrogen and oxygen atoms in total. The molecule has 0 aliphatic carbocycles. The van der Waals surface area contributed by atoms with Gasteiger partial charge in [-0.2, -0.15) is 0 Å². The molecule has 0 aromatic rings. The van der Waals surface area contributed by atoms with E-state index in [4.69, 9.17) is 9.29 Å². The van der Waals surface area contributed by atoms with Gasteiger partial charge < -0.3 is 9.29 Å². The molecular weight excluding hydrogens is 152 g/mol. The van der Waals surface area contributed by atoms with E-state index in [1.54, 1.807) is 18.2 Å². The van der Waals surface area contributed by atoms with Gasteiger partial charge in [-0.15, -0.1) is 0 Å². The molecule has 1 atom stereocenters. The molecule has 0 aromatic carbocycles. The normalized spacial score (nSPS) is 23.4. The van der Waals surface area contributed by atoms with Gasteiger partial charge in [0.15, 0.2) is 5.25 Å². The Kier molecular flexibility index (Phi) is 2.39. The van der Waals surface area contributed by atoms with Crippen molar-refractivity contribution < 1.29 is 14.1 Å². The van der Waals surface area contributed by atoms with Gasteiger partial charge in [-0.3, -0.25) is 4.79 Å². The summed E-state index contributed by atoms with van der Waals surface area (Å²) >= 11 is 0.919. The Morgan fingerprint density at radius 2 is 2.40 bits per heavy atom. The second kappa shape index (κ2) is 3.31. The summed E-state index contributed by atoms with van der Waals surface area (Å²) in [6.07, 6.45) is 6.31. The average molecular weight is 158 g/mol. The smallest absolute Gasteiger partial charge is 0.324 e. The van der Waals surface area contributed by atoms with Gasteiger partial charge in [0.05, 0.1) is 12.0 Å². The predicted molar refractivity (Wildman–Crippen MR) is 38.4 cm³/mol. The molecule has 0 bridgehead atoms. The van der Waals surface area contributed by atoms with E-state index in [0.29, 0.717) is 0 Å². The van der Waals surface area contributed by atoms with E-state index in [2.05, 4.69) is 0 Å². The van der Waals surface area contributed by atoms with Crippen molar-refractivity contribution in [2.45, 2.75) is 5.25 Å². The quantitative estimate of drug-likeness (QED) is 0.582. The number of carbonyl (C=O) groups is 1. The summed E-state index contributed by atoms with van der Waals surface area (Å²) in [4.78, 5) is 10.3. The van der Waals surface area contributed by atoms with Gasteiger partial charge in [-0.1, -0.05) is 12.2 Å². The van der Waals surface area contributed by atoms with Crippen LogP contribution in [0.1, 0.15) is 0 Å². The lowest BCUT2D eigenvalue weighted by Gasteiger charge is -2.01. The minimum Gasteiger partial charge on any atom is -0.480 e. The maximum Gasteiger partial charge on any atom is 0.324 e. The molecule has 1 rings (SSSR count). The highest BCUT2D eigenvalue weighted by Crippen LogP contribution is 2.16. The Bertz CT molecular complexity index is 185. The van der Waals surface area contributed by atoms with E-state index < -0.39 is 11.2 Å². The molecule has 54 valence electrons. The van der Waals surface area contributed by atoms with Gasteiger partial charge in [0, 0.05) is 0 Å². The molecule has 1 heterocycles. The molecule has 0 aromatic heterocycles. The third-order valence-corrected chi connectivity index (χ3v) is 1.72. The largest absolute Gasteiger partial charge is 0.480 e. The van der Waals surface area contributed by atoms with Crippen molar-refractivity contribution >= 4 is 18.0 Å². The fraction of sp³-hybridized carbons (Fsp3) is 0.167. The van der Waals surface area contributed by atoms with Crippen LogP contribution in [0.4, 0.5) is 0 Å². The molecule has 0 fully saturated rings. The Morgan fingerprint density at radius 1 is 1.60 bits per heavy atom. The van der Waals surface area contributed by atoms with E-state index in [1.165, 1.54) is 6.26 Å². The highest BCUT2D eigenvalue weighted by molar-refractivity contribution is 7.96. The zero-order valence-corrected chi connectivity index (χ0v) is 5.88. The Morgan fingerprint density at radius 3 is 3.10 bits per heavy atom. The molecule has 0 radical (unpaired) electrons. The predicted octanol–water partition coefficient (Wildman–Crippen LogP) is 1.19. The van der Waals surface area contributed by atoms with Crippen LogP contribution in [0.3, 0.4) is 0 Å². The van der Waals surface area contributed by atoms with Gasteiger partial charge in [0.2, 0.25) is 0 Å². The molecule has 0 saturated heterocycles. The van der Waals surface area contributed by atoms with Crippen LogP contribution in [-0.4, -0.2) is 16.3 Å². The summed E-state index contributed by atoms with van der Waals surface area (Å²) in [5.74, 6) is -0.884. The van der Waals surface area contributed by atoms with Crippen LogP contribution in [0, 0.1) is 0 Å². The summed E-state index contributed by atoms with van der Waals surface area (Å²) in [6.45, 7) is 0. The highest BCUT2D eigenvalue weighted by atomic mass is 32.2. The van der Waals surface area contributed by atoms with E-state index in [9.17, 15) is 4.79 Å². The van der Waals surface area contributed by atoms with Crippen LogP contribution in [0.15, 0.2) is 24.5 Å². The molecule has 0 spiro atoms. The SMILES string of the molecule is O=C(O)C1C=CC=COS1. The lowest BCUT2D eigenvalue weighted by molar-refractivity contribution is -0.135. The molecule has 1 N–H and O–H groups in total. The Labute approximate surface area is 62.6 Å². The van der Waals surface area contributed by atoms with Crippen molar-refractivity contribution in [2.75, 3.05) is 0 Å². The maximum absolute atomic E-state index is 10.3. The minimum atomic E-state index is -0.884. The van der Waals surface area contributed by atoms with Crippen LogP contribution in [0.25, 0.3) is 0 Å². The zero-order valence-electron chi connectivity index (χ0n) is 5.06.